The summed E-state index contributed by atoms with van der Waals surface area (Å²) in [6.07, 6.45) is 33.4. The van der Waals surface area contributed by atoms with Gasteiger partial charge in [-0.1, -0.05) is 129 Å². The fourth-order valence-electron chi connectivity index (χ4n) is 4.13. The van der Waals surface area contributed by atoms with Crippen LogP contribution in [0.4, 0.5) is 0 Å². The highest BCUT2D eigenvalue weighted by atomic mass is 32.3. The molecule has 1 heterocycles. The Morgan fingerprint density at radius 3 is 1.15 bits per heavy atom. The Morgan fingerprint density at radius 2 is 0.848 bits per heavy atom. The predicted molar refractivity (Wildman–Crippen MR) is 137 cm³/mol. The molecule has 33 heavy (non-hydrogen) atoms. The molecule has 1 N–H and O–H groups in total. The minimum Gasteiger partial charge on any atom is -0.726 e. The van der Waals surface area contributed by atoms with E-state index >= 15 is 0 Å². The fourth-order valence-corrected chi connectivity index (χ4v) is 4.13. The van der Waals surface area contributed by atoms with Gasteiger partial charge in [0.15, 0.2) is 12.4 Å². The van der Waals surface area contributed by atoms with Crippen LogP contribution in [-0.2, 0) is 16.9 Å². The lowest BCUT2D eigenvalue weighted by atomic mass is 10.0. The lowest BCUT2D eigenvalue weighted by Gasteiger charge is -2.04. The van der Waals surface area contributed by atoms with Gasteiger partial charge >= 0.3 is 0 Å². The molecular formula is C27H51NO4S. The highest BCUT2D eigenvalue weighted by Crippen LogP contribution is 2.14. The van der Waals surface area contributed by atoms with Gasteiger partial charge in [0.2, 0.25) is 10.4 Å². The van der Waals surface area contributed by atoms with E-state index in [4.69, 9.17) is 17.5 Å². The Morgan fingerprint density at radius 1 is 0.576 bits per heavy atom. The van der Waals surface area contributed by atoms with E-state index in [9.17, 15) is 0 Å². The van der Waals surface area contributed by atoms with Crippen LogP contribution in [0.5, 0.6) is 0 Å². The Labute approximate surface area is 205 Å². The highest BCUT2D eigenvalue weighted by molar-refractivity contribution is 7.79. The van der Waals surface area contributed by atoms with Gasteiger partial charge in [-0.05, 0) is 6.42 Å². The fraction of sp³-hybridized carbons (Fsp3) is 0.815. The van der Waals surface area contributed by atoms with Crippen molar-refractivity contribution < 1.29 is 22.1 Å². The molecule has 0 saturated carbocycles. The van der Waals surface area contributed by atoms with Crippen molar-refractivity contribution in [2.24, 2.45) is 0 Å². The molecule has 6 heteroatoms. The van der Waals surface area contributed by atoms with E-state index in [1.807, 2.05) is 0 Å². The van der Waals surface area contributed by atoms with Gasteiger partial charge in [0.05, 0.1) is 0 Å². The quantitative estimate of drug-likeness (QED) is 0.0833. The van der Waals surface area contributed by atoms with E-state index in [1.165, 1.54) is 135 Å². The van der Waals surface area contributed by atoms with Crippen molar-refractivity contribution in [1.29, 1.82) is 0 Å². The molecule has 0 saturated heterocycles. The van der Waals surface area contributed by atoms with Gasteiger partial charge in [0.1, 0.15) is 6.54 Å². The van der Waals surface area contributed by atoms with Gasteiger partial charge in [-0.25, -0.2) is 13.0 Å². The number of aromatic nitrogens is 1. The molecule has 5 nitrogen and oxygen atoms in total. The second kappa shape index (κ2) is 24.2. The first-order valence-electron chi connectivity index (χ1n) is 13.6. The number of pyridine rings is 1. The molecule has 1 aromatic heterocycles. The van der Waals surface area contributed by atoms with E-state index in [-0.39, 0.29) is 0 Å². The Hall–Kier alpha value is -0.980. The van der Waals surface area contributed by atoms with Crippen LogP contribution < -0.4 is 4.57 Å². The highest BCUT2D eigenvalue weighted by Gasteiger charge is 1.98. The second-order valence-corrected chi connectivity index (χ2v) is 10.1. The summed E-state index contributed by atoms with van der Waals surface area (Å²) >= 11 is 0. The Balaban J connectivity index is 0.00000184. The molecule has 0 atom stereocenters. The van der Waals surface area contributed by atoms with Crippen molar-refractivity contribution in [3.8, 4) is 0 Å². The molecule has 0 unspecified atom stereocenters. The van der Waals surface area contributed by atoms with E-state index < -0.39 is 10.4 Å². The molecule has 1 rings (SSSR count). The minimum absolute atomic E-state index is 1.18. The number of aryl methyl sites for hydroxylation is 1. The lowest BCUT2D eigenvalue weighted by molar-refractivity contribution is -0.697. The van der Waals surface area contributed by atoms with E-state index in [2.05, 4.69) is 42.1 Å². The van der Waals surface area contributed by atoms with Crippen LogP contribution in [0, 0.1) is 0 Å². The van der Waals surface area contributed by atoms with Crippen LogP contribution in [-0.4, -0.2) is 17.5 Å². The maximum Gasteiger partial charge on any atom is 0.215 e. The summed E-state index contributed by atoms with van der Waals surface area (Å²) in [6, 6.07) is 6.33. The second-order valence-electron chi connectivity index (χ2n) is 9.26. The number of hydrogen-bond acceptors (Lipinski definition) is 3. The van der Waals surface area contributed by atoms with Gasteiger partial charge in [0, 0.05) is 18.6 Å². The summed E-state index contributed by atoms with van der Waals surface area (Å²) in [4.78, 5) is 0. The largest absolute Gasteiger partial charge is 0.726 e. The summed E-state index contributed by atoms with van der Waals surface area (Å²) in [5.74, 6) is 0. The predicted octanol–water partition coefficient (Wildman–Crippen LogP) is 7.80. The summed E-state index contributed by atoms with van der Waals surface area (Å²) in [7, 11) is -4.92. The van der Waals surface area contributed by atoms with Crippen molar-refractivity contribution in [2.75, 3.05) is 0 Å². The third-order valence-corrected chi connectivity index (χ3v) is 6.05. The van der Waals surface area contributed by atoms with Gasteiger partial charge in [-0.15, -0.1) is 0 Å². The van der Waals surface area contributed by atoms with E-state index in [0.717, 1.165) is 0 Å². The third-order valence-electron chi connectivity index (χ3n) is 6.05. The van der Waals surface area contributed by atoms with E-state index in [1.54, 1.807) is 0 Å². The number of rotatable bonds is 21. The van der Waals surface area contributed by atoms with Gasteiger partial charge < -0.3 is 4.55 Å². The maximum absolute atomic E-state index is 8.63. The molecule has 0 bridgehead atoms. The van der Waals surface area contributed by atoms with Crippen LogP contribution in [0.15, 0.2) is 30.6 Å². The Kier molecular flexibility index (Phi) is 23.4. The standard InChI is InChI=1S/C27H50N.H2O4S/c1-2-3-4-5-6-7-8-9-10-11-12-13-14-15-16-17-18-19-20-22-25-28-26-23-21-24-27-28;1-5(2,3)4/h21,23-24,26-27H,2-20,22,25H2,1H3;(H2,1,2,3,4)/q+1;/p-1. The first-order valence-corrected chi connectivity index (χ1v) is 14.9. The zero-order valence-electron chi connectivity index (χ0n) is 21.3. The van der Waals surface area contributed by atoms with Crippen LogP contribution >= 0.6 is 0 Å². The SMILES string of the molecule is CCCCCCCCCCCCCCCCCCCCCC[n+]1ccccc1.O=S(=O)([O-])O. The summed E-state index contributed by atoms with van der Waals surface area (Å²) in [5.41, 5.74) is 0. The molecule has 0 amide bonds. The molecule has 0 aromatic carbocycles. The minimum atomic E-state index is -4.92. The van der Waals surface area contributed by atoms with Gasteiger partial charge in [-0.3, -0.25) is 4.55 Å². The Bertz CT molecular complexity index is 600. The molecule has 0 radical (unpaired) electrons. The average Bonchev–Trinajstić information content (AvgIpc) is 2.77. The van der Waals surface area contributed by atoms with Crippen LogP contribution in [0.25, 0.3) is 0 Å². The summed E-state index contributed by atoms with van der Waals surface area (Å²) in [6.45, 7) is 3.48. The number of nitrogens with zero attached hydrogens (tertiary/aromatic N) is 1. The number of unbranched alkanes of at least 4 members (excludes halogenated alkanes) is 19. The van der Waals surface area contributed by atoms with Crippen molar-refractivity contribution >= 4 is 10.4 Å². The van der Waals surface area contributed by atoms with Crippen molar-refractivity contribution in [3.05, 3.63) is 30.6 Å². The molecular weight excluding hydrogens is 434 g/mol. The van der Waals surface area contributed by atoms with E-state index in [0.29, 0.717) is 0 Å². The van der Waals surface area contributed by atoms with Crippen LogP contribution in [0.2, 0.25) is 0 Å². The molecule has 0 aliphatic carbocycles. The zero-order chi connectivity index (χ0) is 24.5. The normalized spacial score (nSPS) is 11.2. The van der Waals surface area contributed by atoms with Gasteiger partial charge in [0.25, 0.3) is 0 Å². The summed E-state index contributed by atoms with van der Waals surface area (Å²) < 4.78 is 35.1. The molecule has 0 fully saturated rings. The molecule has 0 spiro atoms. The monoisotopic (exact) mass is 485 g/mol. The molecule has 194 valence electrons. The maximum atomic E-state index is 8.63. The topological polar surface area (TPSA) is 81.3 Å². The van der Waals surface area contributed by atoms with Crippen molar-refractivity contribution in [2.45, 2.75) is 142 Å². The third kappa shape index (κ3) is 31.0. The van der Waals surface area contributed by atoms with Crippen molar-refractivity contribution in [1.82, 2.24) is 0 Å². The zero-order valence-corrected chi connectivity index (χ0v) is 22.1. The van der Waals surface area contributed by atoms with Crippen molar-refractivity contribution in [3.63, 3.8) is 0 Å². The first-order chi connectivity index (χ1) is 15.9. The smallest absolute Gasteiger partial charge is 0.215 e. The summed E-state index contributed by atoms with van der Waals surface area (Å²) in [5, 5.41) is 0. The number of hydrogen-bond donors (Lipinski definition) is 1. The van der Waals surface area contributed by atoms with Gasteiger partial charge in [-0.2, -0.15) is 0 Å². The van der Waals surface area contributed by atoms with Crippen LogP contribution in [0.3, 0.4) is 0 Å². The lowest BCUT2D eigenvalue weighted by Crippen LogP contribution is -2.32. The molecule has 0 aliphatic rings. The van der Waals surface area contributed by atoms with Crippen LogP contribution in [0.1, 0.15) is 135 Å². The molecule has 1 aromatic rings. The first kappa shape index (κ1) is 32.0. The molecule has 0 aliphatic heterocycles. The average molecular weight is 486 g/mol.